The Labute approximate surface area is 130 Å². The third-order valence-electron chi connectivity index (χ3n) is 3.34. The van der Waals surface area contributed by atoms with Gasteiger partial charge in [0.05, 0.1) is 18.8 Å². The molecule has 22 heavy (non-hydrogen) atoms. The first-order chi connectivity index (χ1) is 10.7. The molecule has 0 unspecified atom stereocenters. The quantitative estimate of drug-likeness (QED) is 0.862. The van der Waals surface area contributed by atoms with E-state index in [1.807, 2.05) is 49.4 Å². The van der Waals surface area contributed by atoms with Crippen molar-refractivity contribution >= 4 is 6.03 Å². The number of amides is 2. The van der Waals surface area contributed by atoms with E-state index in [9.17, 15) is 4.79 Å². The third kappa shape index (κ3) is 4.77. The van der Waals surface area contributed by atoms with Gasteiger partial charge in [0.2, 0.25) is 0 Å². The van der Waals surface area contributed by atoms with Crippen LogP contribution >= 0.6 is 0 Å². The molecule has 0 saturated carbocycles. The Hall–Kier alpha value is -2.56. The number of hydrogen-bond donors (Lipinski definition) is 2. The molecule has 2 N–H and O–H groups in total. The van der Waals surface area contributed by atoms with Crippen LogP contribution < -0.4 is 15.4 Å². The lowest BCUT2D eigenvalue weighted by molar-refractivity contribution is 0.238. The van der Waals surface area contributed by atoms with E-state index < -0.39 is 0 Å². The Morgan fingerprint density at radius 2 is 2.00 bits per heavy atom. The van der Waals surface area contributed by atoms with Crippen molar-refractivity contribution in [3.05, 3.63) is 59.9 Å². The summed E-state index contributed by atoms with van der Waals surface area (Å²) in [6, 6.07) is 13.2. The van der Waals surface area contributed by atoms with E-state index in [2.05, 4.69) is 15.6 Å². The van der Waals surface area contributed by atoms with Gasteiger partial charge < -0.3 is 15.4 Å². The second kappa shape index (κ2) is 8.02. The maximum Gasteiger partial charge on any atom is 0.315 e. The lowest BCUT2D eigenvalue weighted by atomic mass is 10.1. The number of pyridine rings is 1. The summed E-state index contributed by atoms with van der Waals surface area (Å²) < 4.78 is 5.11. The van der Waals surface area contributed by atoms with E-state index in [0.717, 1.165) is 23.4 Å². The molecule has 0 aliphatic rings. The first-order valence-corrected chi connectivity index (χ1v) is 7.27. The Balaban J connectivity index is 1.73. The van der Waals surface area contributed by atoms with Crippen LogP contribution in [0.2, 0.25) is 0 Å². The van der Waals surface area contributed by atoms with Crippen LogP contribution in [0.5, 0.6) is 5.75 Å². The number of aromatic nitrogens is 1. The summed E-state index contributed by atoms with van der Waals surface area (Å²) in [6.45, 7) is 2.48. The number of methoxy groups -OCH3 is 1. The smallest absolute Gasteiger partial charge is 0.315 e. The number of benzene rings is 1. The molecule has 116 valence electrons. The van der Waals surface area contributed by atoms with Gasteiger partial charge in [-0.3, -0.25) is 4.98 Å². The molecule has 2 rings (SSSR count). The van der Waals surface area contributed by atoms with Crippen molar-refractivity contribution in [3.63, 3.8) is 0 Å². The largest absolute Gasteiger partial charge is 0.497 e. The molecule has 5 nitrogen and oxygen atoms in total. The molecule has 5 heteroatoms. The van der Waals surface area contributed by atoms with Gasteiger partial charge in [-0.15, -0.1) is 0 Å². The van der Waals surface area contributed by atoms with Crippen molar-refractivity contribution in [2.45, 2.75) is 19.4 Å². The van der Waals surface area contributed by atoms with Gasteiger partial charge in [-0.1, -0.05) is 18.2 Å². The third-order valence-corrected chi connectivity index (χ3v) is 3.34. The van der Waals surface area contributed by atoms with Crippen molar-refractivity contribution < 1.29 is 9.53 Å². The summed E-state index contributed by atoms with van der Waals surface area (Å²) in [5.74, 6) is 0.832. The molecule has 1 atom stereocenters. The van der Waals surface area contributed by atoms with E-state index >= 15 is 0 Å². The minimum Gasteiger partial charge on any atom is -0.497 e. The molecular weight excluding hydrogens is 278 g/mol. The lowest BCUT2D eigenvalue weighted by Crippen LogP contribution is -2.38. The lowest BCUT2D eigenvalue weighted by Gasteiger charge is -2.14. The van der Waals surface area contributed by atoms with Crippen LogP contribution in [0.1, 0.15) is 24.2 Å². The highest BCUT2D eigenvalue weighted by Crippen LogP contribution is 2.11. The monoisotopic (exact) mass is 299 g/mol. The molecule has 0 aliphatic heterocycles. The predicted molar refractivity (Wildman–Crippen MR) is 85.9 cm³/mol. The topological polar surface area (TPSA) is 63.2 Å². The molecule has 1 aromatic carbocycles. The summed E-state index contributed by atoms with van der Waals surface area (Å²) in [4.78, 5) is 16.1. The average Bonchev–Trinajstić information content (AvgIpc) is 2.56. The highest BCUT2D eigenvalue weighted by molar-refractivity contribution is 5.74. The van der Waals surface area contributed by atoms with Crippen LogP contribution in [0.25, 0.3) is 0 Å². The number of carbonyl (C=O) groups excluding carboxylic acids is 1. The fourth-order valence-electron chi connectivity index (χ4n) is 2.07. The van der Waals surface area contributed by atoms with Gasteiger partial charge in [0.15, 0.2) is 0 Å². The van der Waals surface area contributed by atoms with E-state index in [0.29, 0.717) is 6.54 Å². The highest BCUT2D eigenvalue weighted by atomic mass is 16.5. The van der Waals surface area contributed by atoms with Crippen LogP contribution in [-0.2, 0) is 6.42 Å². The standard InChI is InChI=1S/C17H21N3O2/c1-13(16-5-3-4-11-18-16)20-17(21)19-12-10-14-6-8-15(22-2)9-7-14/h3-9,11,13H,10,12H2,1-2H3,(H2,19,20,21)/t13-/m0/s1. The molecule has 2 amide bonds. The van der Waals surface area contributed by atoms with Gasteiger partial charge in [0, 0.05) is 12.7 Å². The Morgan fingerprint density at radius 1 is 1.23 bits per heavy atom. The molecule has 0 radical (unpaired) electrons. The van der Waals surface area contributed by atoms with Gasteiger partial charge in [0.25, 0.3) is 0 Å². The zero-order valence-corrected chi connectivity index (χ0v) is 12.9. The Kier molecular flexibility index (Phi) is 5.77. The number of carbonyl (C=O) groups is 1. The normalized spacial score (nSPS) is 11.5. The SMILES string of the molecule is COc1ccc(CCNC(=O)N[C@@H](C)c2ccccn2)cc1. The van der Waals surface area contributed by atoms with Crippen LogP contribution in [0.4, 0.5) is 4.79 Å². The number of nitrogens with one attached hydrogen (secondary N) is 2. The fraction of sp³-hybridized carbons (Fsp3) is 0.294. The molecule has 1 aromatic heterocycles. The van der Waals surface area contributed by atoms with E-state index in [1.54, 1.807) is 13.3 Å². The number of urea groups is 1. The van der Waals surface area contributed by atoms with Crippen molar-refractivity contribution in [2.24, 2.45) is 0 Å². The number of rotatable bonds is 6. The zero-order chi connectivity index (χ0) is 15.8. The molecule has 0 saturated heterocycles. The van der Waals surface area contributed by atoms with Crippen LogP contribution in [0.15, 0.2) is 48.7 Å². The average molecular weight is 299 g/mol. The summed E-state index contributed by atoms with van der Waals surface area (Å²) in [6.07, 6.45) is 2.49. The summed E-state index contributed by atoms with van der Waals surface area (Å²) in [5, 5.41) is 5.72. The summed E-state index contributed by atoms with van der Waals surface area (Å²) in [5.41, 5.74) is 1.99. The first kappa shape index (κ1) is 15.8. The van der Waals surface area contributed by atoms with E-state index in [-0.39, 0.29) is 12.1 Å². The van der Waals surface area contributed by atoms with Crippen molar-refractivity contribution in [2.75, 3.05) is 13.7 Å². The van der Waals surface area contributed by atoms with Gasteiger partial charge in [-0.25, -0.2) is 4.79 Å². The molecule has 2 aromatic rings. The molecule has 1 heterocycles. The molecule has 0 bridgehead atoms. The van der Waals surface area contributed by atoms with E-state index in [4.69, 9.17) is 4.74 Å². The van der Waals surface area contributed by atoms with Gasteiger partial charge in [-0.2, -0.15) is 0 Å². The molecule has 0 spiro atoms. The first-order valence-electron chi connectivity index (χ1n) is 7.27. The van der Waals surface area contributed by atoms with Crippen LogP contribution in [-0.4, -0.2) is 24.7 Å². The highest BCUT2D eigenvalue weighted by Gasteiger charge is 2.09. The van der Waals surface area contributed by atoms with Crippen molar-refractivity contribution in [3.8, 4) is 5.75 Å². The number of hydrogen-bond acceptors (Lipinski definition) is 3. The maximum atomic E-state index is 11.8. The minimum absolute atomic E-state index is 0.123. The molecule has 0 fully saturated rings. The molecular formula is C17H21N3O2. The molecule has 0 aliphatic carbocycles. The van der Waals surface area contributed by atoms with E-state index in [1.165, 1.54) is 0 Å². The maximum absolute atomic E-state index is 11.8. The van der Waals surface area contributed by atoms with Crippen molar-refractivity contribution in [1.29, 1.82) is 0 Å². The van der Waals surface area contributed by atoms with Crippen LogP contribution in [0.3, 0.4) is 0 Å². The van der Waals surface area contributed by atoms with Gasteiger partial charge in [0.1, 0.15) is 5.75 Å². The van der Waals surface area contributed by atoms with Gasteiger partial charge in [-0.05, 0) is 43.2 Å². The fourth-order valence-corrected chi connectivity index (χ4v) is 2.07. The van der Waals surface area contributed by atoms with Crippen molar-refractivity contribution in [1.82, 2.24) is 15.6 Å². The minimum atomic E-state index is -0.188. The Morgan fingerprint density at radius 3 is 2.64 bits per heavy atom. The number of nitrogens with zero attached hydrogens (tertiary/aromatic N) is 1. The van der Waals surface area contributed by atoms with Gasteiger partial charge >= 0.3 is 6.03 Å². The summed E-state index contributed by atoms with van der Waals surface area (Å²) in [7, 11) is 1.64. The Bertz CT molecular complexity index is 585. The van der Waals surface area contributed by atoms with Crippen LogP contribution in [0, 0.1) is 0 Å². The summed E-state index contributed by atoms with van der Waals surface area (Å²) >= 11 is 0. The number of ether oxygens (including phenoxy) is 1. The second-order valence-electron chi connectivity index (χ2n) is 4.97. The zero-order valence-electron chi connectivity index (χ0n) is 12.9. The predicted octanol–water partition coefficient (Wildman–Crippen LogP) is 2.69. The second-order valence-corrected chi connectivity index (χ2v) is 4.97.